The Labute approximate surface area is 266 Å². The number of rotatable bonds is 6. The first kappa shape index (κ1) is 26.1. The number of nitrogens with zero attached hydrogens (tertiary/aromatic N) is 5. The molecule has 3 heterocycles. The molecule has 9 aromatic rings. The van der Waals surface area contributed by atoms with Gasteiger partial charge in [-0.15, -0.1) is 0 Å². The van der Waals surface area contributed by atoms with E-state index in [2.05, 4.69) is 195 Å². The minimum atomic E-state index is 0.881. The molecular formula is C41H29N5. The molecule has 46 heavy (non-hydrogen) atoms. The Morgan fingerprint density at radius 1 is 0.326 bits per heavy atom. The predicted octanol–water partition coefficient (Wildman–Crippen LogP) is 10.5. The third kappa shape index (κ3) is 4.06. The van der Waals surface area contributed by atoms with E-state index in [-0.39, 0.29) is 0 Å². The first-order chi connectivity index (χ1) is 22.9. The Kier molecular flexibility index (Phi) is 6.06. The number of hydrogen-bond acceptors (Lipinski definition) is 3. The third-order valence-electron chi connectivity index (χ3n) is 8.63. The highest BCUT2D eigenvalue weighted by Gasteiger charge is 2.25. The highest BCUT2D eigenvalue weighted by atomic mass is 15.6. The molecule has 0 aliphatic carbocycles. The Balaban J connectivity index is 1.43. The zero-order valence-electron chi connectivity index (χ0n) is 25.0. The number of aromatic nitrogens is 3. The summed E-state index contributed by atoms with van der Waals surface area (Å²) in [6.45, 7) is 0. The van der Waals surface area contributed by atoms with E-state index >= 15 is 0 Å². The van der Waals surface area contributed by atoms with Crippen molar-refractivity contribution in [3.63, 3.8) is 0 Å². The summed E-state index contributed by atoms with van der Waals surface area (Å²) in [4.78, 5) is 5.64. The maximum Gasteiger partial charge on any atom is 0.162 e. The van der Waals surface area contributed by atoms with Gasteiger partial charge in [-0.25, -0.2) is 24.4 Å². The molecule has 0 amide bonds. The summed E-state index contributed by atoms with van der Waals surface area (Å²) >= 11 is 0. The maximum atomic E-state index is 5.64. The van der Waals surface area contributed by atoms with E-state index in [0.717, 1.165) is 66.6 Å². The van der Waals surface area contributed by atoms with Crippen LogP contribution in [0.25, 0.3) is 43.9 Å². The van der Waals surface area contributed by atoms with Crippen molar-refractivity contribution < 1.29 is 0 Å². The van der Waals surface area contributed by atoms with Crippen molar-refractivity contribution in [3.05, 3.63) is 176 Å². The molecule has 0 saturated carbocycles. The standard InChI is InChI=1S/C41H29N5/c1-5-17-30(18-6-1)43(31-19-7-2-8-20-31)45-38-27-15-13-25-34(38)36-29-37-35-26-14-16-28-39(35)46(41(37)42-40(36)45)44(32-21-9-3-10-22-32)33-23-11-4-12-24-33/h1-29H. The average molecular weight is 592 g/mol. The van der Waals surface area contributed by atoms with Crippen LogP contribution < -0.4 is 10.0 Å². The lowest BCUT2D eigenvalue weighted by Crippen LogP contribution is -2.25. The molecule has 0 unspecified atom stereocenters. The van der Waals surface area contributed by atoms with Gasteiger partial charge in [-0.2, -0.15) is 0 Å². The lowest BCUT2D eigenvalue weighted by atomic mass is 10.1. The number of benzene rings is 6. The van der Waals surface area contributed by atoms with Crippen LogP contribution in [0, 0.1) is 0 Å². The Bertz CT molecular complexity index is 2210. The molecule has 0 spiro atoms. The van der Waals surface area contributed by atoms with Gasteiger partial charge in [0.2, 0.25) is 0 Å². The molecule has 218 valence electrons. The van der Waals surface area contributed by atoms with Crippen LogP contribution in [-0.4, -0.2) is 14.3 Å². The van der Waals surface area contributed by atoms with Gasteiger partial charge in [-0.1, -0.05) is 109 Å². The largest absolute Gasteiger partial charge is 0.248 e. The topological polar surface area (TPSA) is 29.2 Å². The van der Waals surface area contributed by atoms with Gasteiger partial charge in [-0.05, 0) is 66.7 Å². The van der Waals surface area contributed by atoms with Gasteiger partial charge in [0.1, 0.15) is 0 Å². The van der Waals surface area contributed by atoms with Gasteiger partial charge in [0.05, 0.1) is 33.8 Å². The van der Waals surface area contributed by atoms with Crippen molar-refractivity contribution in [1.82, 2.24) is 14.3 Å². The lowest BCUT2D eigenvalue weighted by molar-refractivity contribution is 0.856. The Morgan fingerprint density at radius 3 is 0.978 bits per heavy atom. The number of hydrogen-bond donors (Lipinski definition) is 0. The van der Waals surface area contributed by atoms with Crippen molar-refractivity contribution in [1.29, 1.82) is 0 Å². The van der Waals surface area contributed by atoms with Crippen molar-refractivity contribution in [2.24, 2.45) is 0 Å². The SMILES string of the molecule is c1ccc(N(c2ccccc2)n2c3ccccc3c3cc4c5ccccc5n(N(c5ccccc5)c5ccccc5)c4nc32)cc1. The zero-order valence-corrected chi connectivity index (χ0v) is 25.0. The fourth-order valence-electron chi connectivity index (χ4n) is 6.66. The average Bonchev–Trinajstić information content (AvgIpc) is 3.62. The lowest BCUT2D eigenvalue weighted by Gasteiger charge is -2.28. The van der Waals surface area contributed by atoms with E-state index in [1.54, 1.807) is 0 Å². The van der Waals surface area contributed by atoms with Crippen LogP contribution in [0.3, 0.4) is 0 Å². The number of pyridine rings is 1. The summed E-state index contributed by atoms with van der Waals surface area (Å²) in [7, 11) is 0. The normalized spacial score (nSPS) is 11.5. The second-order valence-electron chi connectivity index (χ2n) is 11.4. The molecular weight excluding hydrogens is 562 g/mol. The minimum absolute atomic E-state index is 0.881. The third-order valence-corrected chi connectivity index (χ3v) is 8.63. The van der Waals surface area contributed by atoms with Gasteiger partial charge in [0, 0.05) is 21.5 Å². The summed E-state index contributed by atoms with van der Waals surface area (Å²) in [6, 6.07) is 61.6. The molecule has 0 saturated heterocycles. The van der Waals surface area contributed by atoms with E-state index in [4.69, 9.17) is 4.98 Å². The first-order valence-electron chi connectivity index (χ1n) is 15.5. The molecule has 3 aromatic heterocycles. The van der Waals surface area contributed by atoms with Crippen LogP contribution in [0.1, 0.15) is 0 Å². The van der Waals surface area contributed by atoms with Crippen LogP contribution in [0.15, 0.2) is 176 Å². The molecule has 0 atom stereocenters. The molecule has 0 N–H and O–H groups in total. The van der Waals surface area contributed by atoms with Gasteiger partial charge >= 0.3 is 0 Å². The molecule has 5 heteroatoms. The molecule has 9 rings (SSSR count). The molecule has 6 aromatic carbocycles. The summed E-state index contributed by atoms with van der Waals surface area (Å²) in [5, 5.41) is 9.06. The minimum Gasteiger partial charge on any atom is -0.248 e. The predicted molar refractivity (Wildman–Crippen MR) is 191 cm³/mol. The summed E-state index contributed by atoms with van der Waals surface area (Å²) in [6.07, 6.45) is 0. The highest BCUT2D eigenvalue weighted by molar-refractivity contribution is 6.16. The molecule has 0 aliphatic heterocycles. The van der Waals surface area contributed by atoms with Crippen LogP contribution in [0.4, 0.5) is 22.7 Å². The van der Waals surface area contributed by atoms with Crippen LogP contribution >= 0.6 is 0 Å². The van der Waals surface area contributed by atoms with Crippen molar-refractivity contribution >= 4 is 66.6 Å². The molecule has 0 aliphatic rings. The quantitative estimate of drug-likeness (QED) is 0.193. The monoisotopic (exact) mass is 591 g/mol. The fourth-order valence-corrected chi connectivity index (χ4v) is 6.66. The van der Waals surface area contributed by atoms with Crippen LogP contribution in [0.5, 0.6) is 0 Å². The Morgan fingerprint density at radius 2 is 0.630 bits per heavy atom. The fraction of sp³-hybridized carbons (Fsp3) is 0. The number of anilines is 4. The van der Waals surface area contributed by atoms with Crippen LogP contribution in [0.2, 0.25) is 0 Å². The molecule has 0 radical (unpaired) electrons. The van der Waals surface area contributed by atoms with Crippen LogP contribution in [-0.2, 0) is 0 Å². The van der Waals surface area contributed by atoms with E-state index < -0.39 is 0 Å². The van der Waals surface area contributed by atoms with E-state index in [1.807, 2.05) is 0 Å². The van der Waals surface area contributed by atoms with Crippen molar-refractivity contribution in [2.45, 2.75) is 0 Å². The molecule has 0 bridgehead atoms. The molecule has 5 nitrogen and oxygen atoms in total. The summed E-state index contributed by atoms with van der Waals surface area (Å²) < 4.78 is 4.54. The van der Waals surface area contributed by atoms with Crippen molar-refractivity contribution in [2.75, 3.05) is 10.0 Å². The number of para-hydroxylation sites is 6. The first-order valence-corrected chi connectivity index (χ1v) is 15.5. The van der Waals surface area contributed by atoms with E-state index in [9.17, 15) is 0 Å². The molecule has 0 fully saturated rings. The Hall–Kier alpha value is -6.33. The maximum absolute atomic E-state index is 5.64. The van der Waals surface area contributed by atoms with Gasteiger partial charge in [0.25, 0.3) is 0 Å². The highest BCUT2D eigenvalue weighted by Crippen LogP contribution is 2.40. The van der Waals surface area contributed by atoms with E-state index in [1.165, 1.54) is 0 Å². The van der Waals surface area contributed by atoms with Crippen molar-refractivity contribution in [3.8, 4) is 0 Å². The van der Waals surface area contributed by atoms with E-state index in [0.29, 0.717) is 0 Å². The zero-order chi connectivity index (χ0) is 30.5. The second-order valence-corrected chi connectivity index (χ2v) is 11.4. The van der Waals surface area contributed by atoms with Gasteiger partial charge < -0.3 is 0 Å². The number of fused-ring (bicyclic) bond motifs is 6. The summed E-state index contributed by atoms with van der Waals surface area (Å²) in [5.41, 5.74) is 8.14. The van der Waals surface area contributed by atoms with Gasteiger partial charge in [0.15, 0.2) is 11.3 Å². The summed E-state index contributed by atoms with van der Waals surface area (Å²) in [5.74, 6) is 0. The smallest absolute Gasteiger partial charge is 0.162 e. The second kappa shape index (κ2) is 10.7. The van der Waals surface area contributed by atoms with Gasteiger partial charge in [-0.3, -0.25) is 0 Å².